The molecule has 1 atom stereocenters. The van der Waals surface area contributed by atoms with Gasteiger partial charge in [0.2, 0.25) is 0 Å². The topological polar surface area (TPSA) is 45.8 Å². The highest BCUT2D eigenvalue weighted by atomic mass is 16.1. The van der Waals surface area contributed by atoms with E-state index >= 15 is 0 Å². The van der Waals surface area contributed by atoms with Crippen molar-refractivity contribution in [2.45, 2.75) is 19.8 Å². The zero-order valence-electron chi connectivity index (χ0n) is 8.24. The van der Waals surface area contributed by atoms with Crippen molar-refractivity contribution in [3.05, 3.63) is 30.1 Å². The third-order valence-corrected chi connectivity index (χ3v) is 2.43. The van der Waals surface area contributed by atoms with Crippen molar-refractivity contribution in [1.29, 1.82) is 0 Å². The number of nitrogens with zero attached hydrogens (tertiary/aromatic N) is 1. The Kier molecular flexibility index (Phi) is 2.08. The molecule has 3 nitrogen and oxygen atoms in total. The highest BCUT2D eigenvalue weighted by Gasteiger charge is 2.14. The molecule has 0 aliphatic carbocycles. The van der Waals surface area contributed by atoms with Crippen LogP contribution in [-0.2, 0) is 4.79 Å². The number of aromatic amines is 1. The lowest BCUT2D eigenvalue weighted by molar-refractivity contribution is -0.118. The number of carbonyl (C=O) groups is 1. The Bertz CT molecular complexity index is 440. The summed E-state index contributed by atoms with van der Waals surface area (Å²) in [4.78, 5) is 18.7. The Morgan fingerprint density at radius 1 is 1.43 bits per heavy atom. The first kappa shape index (κ1) is 8.94. The molecule has 1 N–H and O–H groups in total. The number of nitrogens with one attached hydrogen (secondary N) is 1. The first-order valence-corrected chi connectivity index (χ1v) is 4.63. The molecule has 0 saturated carbocycles. The van der Waals surface area contributed by atoms with Gasteiger partial charge in [-0.2, -0.15) is 0 Å². The number of Topliss-reactive ketones (excluding diaryl/α,β-unsaturated/α-hetero) is 1. The summed E-state index contributed by atoms with van der Waals surface area (Å²) in [5, 5.41) is 0. The molecule has 0 fully saturated rings. The summed E-state index contributed by atoms with van der Waals surface area (Å²) < 4.78 is 0. The van der Waals surface area contributed by atoms with Crippen LogP contribution in [0.3, 0.4) is 0 Å². The maximum atomic E-state index is 11.2. The number of H-pyrrole nitrogens is 1. The molecule has 1 aromatic heterocycles. The van der Waals surface area contributed by atoms with Crippen LogP contribution in [0, 0.1) is 0 Å². The second-order valence-corrected chi connectivity index (χ2v) is 3.47. The quantitative estimate of drug-likeness (QED) is 0.785. The second-order valence-electron chi connectivity index (χ2n) is 3.47. The van der Waals surface area contributed by atoms with Crippen molar-refractivity contribution in [2.75, 3.05) is 0 Å². The Hall–Kier alpha value is -1.64. The van der Waals surface area contributed by atoms with E-state index in [1.807, 2.05) is 31.2 Å². The van der Waals surface area contributed by atoms with Crippen LogP contribution >= 0.6 is 0 Å². The minimum absolute atomic E-state index is 0.129. The summed E-state index contributed by atoms with van der Waals surface area (Å²) in [6.07, 6.45) is 0. The van der Waals surface area contributed by atoms with Crippen molar-refractivity contribution >= 4 is 16.8 Å². The number of ketones is 1. The van der Waals surface area contributed by atoms with Crippen molar-refractivity contribution in [3.63, 3.8) is 0 Å². The van der Waals surface area contributed by atoms with Crippen LogP contribution in [-0.4, -0.2) is 15.8 Å². The third-order valence-electron chi connectivity index (χ3n) is 2.43. The summed E-state index contributed by atoms with van der Waals surface area (Å²) in [6, 6.07) is 7.77. The lowest BCUT2D eigenvalue weighted by atomic mass is 10.1. The predicted molar refractivity (Wildman–Crippen MR) is 55.2 cm³/mol. The maximum absolute atomic E-state index is 11.2. The molecule has 2 aromatic rings. The molecule has 0 aliphatic heterocycles. The van der Waals surface area contributed by atoms with E-state index in [0.717, 1.165) is 16.9 Å². The Balaban J connectivity index is 2.50. The van der Waals surface area contributed by atoms with Gasteiger partial charge in [-0.1, -0.05) is 12.1 Å². The third kappa shape index (κ3) is 1.41. The van der Waals surface area contributed by atoms with Gasteiger partial charge >= 0.3 is 0 Å². The van der Waals surface area contributed by atoms with Crippen LogP contribution in [0.4, 0.5) is 0 Å². The monoisotopic (exact) mass is 188 g/mol. The zero-order chi connectivity index (χ0) is 10.1. The van der Waals surface area contributed by atoms with Crippen LogP contribution in [0.15, 0.2) is 24.3 Å². The number of hydrogen-bond acceptors (Lipinski definition) is 2. The van der Waals surface area contributed by atoms with Crippen molar-refractivity contribution in [3.8, 4) is 0 Å². The summed E-state index contributed by atoms with van der Waals surface area (Å²) in [5.41, 5.74) is 1.89. The van der Waals surface area contributed by atoms with Gasteiger partial charge in [-0.15, -0.1) is 0 Å². The predicted octanol–water partition coefficient (Wildman–Crippen LogP) is 2.26. The Morgan fingerprint density at radius 2 is 2.14 bits per heavy atom. The molecule has 2 rings (SSSR count). The molecular formula is C11H12N2O. The molecule has 14 heavy (non-hydrogen) atoms. The lowest BCUT2D eigenvalue weighted by Gasteiger charge is -2.01. The standard InChI is InChI=1S/C11H12N2O/c1-7(8(2)14)11-12-9-5-3-4-6-10(9)13-11/h3-7H,1-2H3,(H,12,13). The molecule has 72 valence electrons. The number of benzene rings is 1. The summed E-state index contributed by atoms with van der Waals surface area (Å²) in [7, 11) is 0. The number of rotatable bonds is 2. The summed E-state index contributed by atoms with van der Waals surface area (Å²) >= 11 is 0. The zero-order valence-corrected chi connectivity index (χ0v) is 8.24. The molecule has 0 saturated heterocycles. The lowest BCUT2D eigenvalue weighted by Crippen LogP contribution is -2.05. The van der Waals surface area contributed by atoms with E-state index in [0.29, 0.717) is 0 Å². The molecule has 0 radical (unpaired) electrons. The average molecular weight is 188 g/mol. The van der Waals surface area contributed by atoms with Gasteiger partial charge in [0.1, 0.15) is 11.6 Å². The van der Waals surface area contributed by atoms with Crippen LogP contribution in [0.5, 0.6) is 0 Å². The highest BCUT2D eigenvalue weighted by Crippen LogP contribution is 2.17. The van der Waals surface area contributed by atoms with Crippen LogP contribution in [0.2, 0.25) is 0 Å². The number of hydrogen-bond donors (Lipinski definition) is 1. The van der Waals surface area contributed by atoms with Crippen LogP contribution in [0.1, 0.15) is 25.6 Å². The molecule has 1 aromatic carbocycles. The Morgan fingerprint density at radius 3 is 2.79 bits per heavy atom. The second kappa shape index (κ2) is 3.25. The number of aromatic nitrogens is 2. The largest absolute Gasteiger partial charge is 0.341 e. The molecule has 1 heterocycles. The number of carbonyl (C=O) groups excluding carboxylic acids is 1. The van der Waals surface area contributed by atoms with E-state index in [1.54, 1.807) is 6.92 Å². The van der Waals surface area contributed by atoms with Gasteiger partial charge in [-0.25, -0.2) is 4.98 Å². The van der Waals surface area contributed by atoms with Crippen LogP contribution in [0.25, 0.3) is 11.0 Å². The maximum Gasteiger partial charge on any atom is 0.140 e. The number of imidazole rings is 1. The van der Waals surface area contributed by atoms with E-state index in [9.17, 15) is 4.79 Å². The molecule has 3 heteroatoms. The molecule has 0 aliphatic rings. The van der Waals surface area contributed by atoms with Gasteiger partial charge < -0.3 is 4.98 Å². The highest BCUT2D eigenvalue weighted by molar-refractivity contribution is 5.83. The molecule has 0 spiro atoms. The van der Waals surface area contributed by atoms with E-state index in [1.165, 1.54) is 0 Å². The molecule has 1 unspecified atom stereocenters. The van der Waals surface area contributed by atoms with Gasteiger partial charge in [0.25, 0.3) is 0 Å². The molecular weight excluding hydrogens is 176 g/mol. The SMILES string of the molecule is CC(=O)C(C)c1nc2ccccc2[nH]1. The van der Waals surface area contributed by atoms with Gasteiger partial charge in [0.15, 0.2) is 0 Å². The van der Waals surface area contributed by atoms with Crippen LogP contribution < -0.4 is 0 Å². The number of para-hydroxylation sites is 2. The smallest absolute Gasteiger partial charge is 0.140 e. The van der Waals surface area contributed by atoms with E-state index in [4.69, 9.17) is 0 Å². The normalized spacial score (nSPS) is 13.0. The average Bonchev–Trinajstić information content (AvgIpc) is 2.59. The van der Waals surface area contributed by atoms with Crippen molar-refractivity contribution < 1.29 is 4.79 Å². The Labute approximate surface area is 82.2 Å². The van der Waals surface area contributed by atoms with Crippen molar-refractivity contribution in [2.24, 2.45) is 0 Å². The molecule has 0 bridgehead atoms. The van der Waals surface area contributed by atoms with E-state index in [2.05, 4.69) is 9.97 Å². The first-order valence-electron chi connectivity index (χ1n) is 4.63. The van der Waals surface area contributed by atoms with Gasteiger partial charge in [-0.3, -0.25) is 4.79 Å². The van der Waals surface area contributed by atoms with Gasteiger partial charge in [0.05, 0.1) is 17.0 Å². The van der Waals surface area contributed by atoms with Crippen molar-refractivity contribution in [1.82, 2.24) is 9.97 Å². The fraction of sp³-hybridized carbons (Fsp3) is 0.273. The minimum Gasteiger partial charge on any atom is -0.341 e. The van der Waals surface area contributed by atoms with Gasteiger partial charge in [-0.05, 0) is 26.0 Å². The fourth-order valence-corrected chi connectivity index (χ4v) is 1.37. The van der Waals surface area contributed by atoms with E-state index < -0.39 is 0 Å². The summed E-state index contributed by atoms with van der Waals surface area (Å²) in [5.74, 6) is 0.727. The molecule has 0 amide bonds. The first-order chi connectivity index (χ1) is 6.68. The minimum atomic E-state index is -0.151. The summed E-state index contributed by atoms with van der Waals surface area (Å²) in [6.45, 7) is 3.44. The van der Waals surface area contributed by atoms with Gasteiger partial charge in [0, 0.05) is 0 Å². The van der Waals surface area contributed by atoms with E-state index in [-0.39, 0.29) is 11.7 Å². The fourth-order valence-electron chi connectivity index (χ4n) is 1.37. The number of fused-ring (bicyclic) bond motifs is 1.